The van der Waals surface area contributed by atoms with Crippen molar-refractivity contribution in [3.63, 3.8) is 0 Å². The molecule has 0 fully saturated rings. The Morgan fingerprint density at radius 2 is 1.88 bits per heavy atom. The Morgan fingerprint density at radius 3 is 2.52 bits per heavy atom. The molecule has 3 rings (SSSR count). The van der Waals surface area contributed by atoms with Gasteiger partial charge in [-0.3, -0.25) is 0 Å². The van der Waals surface area contributed by atoms with E-state index in [1.165, 1.54) is 0 Å². The van der Waals surface area contributed by atoms with Crippen LogP contribution in [0.1, 0.15) is 22.6 Å². The molecule has 0 saturated heterocycles. The summed E-state index contributed by atoms with van der Waals surface area (Å²) in [5, 5.41) is 1.28. The predicted octanol–water partition coefficient (Wildman–Crippen LogP) is 4.13. The van der Waals surface area contributed by atoms with Crippen LogP contribution in [0.4, 0.5) is 0 Å². The molecular formula is C17H18Cl2N2O2S2. The van der Waals surface area contributed by atoms with Crippen molar-refractivity contribution in [1.82, 2.24) is 9.03 Å². The van der Waals surface area contributed by atoms with Crippen LogP contribution in [0, 0.1) is 0 Å². The third-order valence-electron chi connectivity index (χ3n) is 4.28. The summed E-state index contributed by atoms with van der Waals surface area (Å²) in [5.74, 6) is 0.0928. The van der Waals surface area contributed by atoms with Crippen LogP contribution >= 0.6 is 35.1 Å². The second-order valence-corrected chi connectivity index (χ2v) is 9.46. The average molecular weight is 417 g/mol. The van der Waals surface area contributed by atoms with Crippen molar-refractivity contribution in [2.45, 2.75) is 17.4 Å². The second kappa shape index (κ2) is 7.47. The summed E-state index contributed by atoms with van der Waals surface area (Å²) < 4.78 is 26.6. The third-order valence-corrected chi connectivity index (χ3v) is 7.27. The molecule has 0 aliphatic carbocycles. The van der Waals surface area contributed by atoms with E-state index in [0.717, 1.165) is 41.7 Å². The molecule has 8 heteroatoms. The highest BCUT2D eigenvalue weighted by molar-refractivity contribution is 8.08. The molecule has 1 N–H and O–H groups in total. The van der Waals surface area contributed by atoms with E-state index in [9.17, 15) is 8.42 Å². The maximum Gasteiger partial charge on any atom is 0.249 e. The summed E-state index contributed by atoms with van der Waals surface area (Å²) in [5.41, 5.74) is 3.22. The second-order valence-electron chi connectivity index (χ2n) is 6.06. The molecule has 4 nitrogen and oxygen atoms in total. The fourth-order valence-corrected chi connectivity index (χ4v) is 5.49. The summed E-state index contributed by atoms with van der Waals surface area (Å²) in [6.45, 7) is 1.59. The summed E-state index contributed by atoms with van der Waals surface area (Å²) in [6.07, 6.45) is 1.67. The Labute approximate surface area is 162 Å². The Kier molecular flexibility index (Phi) is 5.68. The van der Waals surface area contributed by atoms with Crippen molar-refractivity contribution in [1.29, 1.82) is 0 Å². The molecule has 0 spiro atoms. The Bertz CT molecular complexity index is 886. The first-order chi connectivity index (χ1) is 11.8. The van der Waals surface area contributed by atoms with Gasteiger partial charge in [-0.05, 0) is 54.3 Å². The SMILES string of the molecule is CSNS(=O)(=O)c1ccc(C2CN(C)Cc3c(Cl)cc(Cl)cc32)cc1. The Morgan fingerprint density at radius 1 is 1.20 bits per heavy atom. The van der Waals surface area contributed by atoms with Gasteiger partial charge in [-0.2, -0.15) is 4.13 Å². The number of sulfonamides is 1. The third kappa shape index (κ3) is 3.99. The number of nitrogens with zero attached hydrogens (tertiary/aromatic N) is 1. The molecule has 1 aliphatic heterocycles. The largest absolute Gasteiger partial charge is 0.301 e. The highest BCUT2D eigenvalue weighted by Crippen LogP contribution is 2.38. The van der Waals surface area contributed by atoms with Gasteiger partial charge in [0.1, 0.15) is 0 Å². The summed E-state index contributed by atoms with van der Waals surface area (Å²) in [4.78, 5) is 2.45. The van der Waals surface area contributed by atoms with Crippen molar-refractivity contribution in [3.05, 3.63) is 63.1 Å². The van der Waals surface area contributed by atoms with Gasteiger partial charge in [-0.1, -0.05) is 47.3 Å². The molecule has 1 aliphatic rings. The lowest BCUT2D eigenvalue weighted by molar-refractivity contribution is 0.295. The number of rotatable bonds is 4. The predicted molar refractivity (Wildman–Crippen MR) is 105 cm³/mol. The summed E-state index contributed by atoms with van der Waals surface area (Å²) >= 11 is 13.6. The van der Waals surface area contributed by atoms with Gasteiger partial charge in [-0.15, -0.1) is 0 Å². The number of fused-ring (bicyclic) bond motifs is 1. The lowest BCUT2D eigenvalue weighted by atomic mass is 9.85. The van der Waals surface area contributed by atoms with Crippen LogP contribution in [0.25, 0.3) is 0 Å². The minimum absolute atomic E-state index is 0.0928. The van der Waals surface area contributed by atoms with Gasteiger partial charge in [-0.25, -0.2) is 8.42 Å². The van der Waals surface area contributed by atoms with Crippen LogP contribution in [-0.2, 0) is 16.6 Å². The van der Waals surface area contributed by atoms with Crippen molar-refractivity contribution in [2.24, 2.45) is 0 Å². The minimum atomic E-state index is -3.48. The summed E-state index contributed by atoms with van der Waals surface area (Å²) in [6, 6.07) is 10.7. The number of benzene rings is 2. The molecular weight excluding hydrogens is 399 g/mol. The van der Waals surface area contributed by atoms with E-state index in [1.807, 2.05) is 25.2 Å². The van der Waals surface area contributed by atoms with Crippen LogP contribution in [0.15, 0.2) is 41.3 Å². The van der Waals surface area contributed by atoms with Crippen LogP contribution in [0.3, 0.4) is 0 Å². The van der Waals surface area contributed by atoms with E-state index in [2.05, 4.69) is 9.03 Å². The van der Waals surface area contributed by atoms with E-state index in [-0.39, 0.29) is 10.8 Å². The molecule has 0 amide bonds. The number of likely N-dealkylation sites (N-methyl/N-ethyl adjacent to an activating group) is 1. The molecule has 1 heterocycles. The van der Waals surface area contributed by atoms with E-state index >= 15 is 0 Å². The zero-order chi connectivity index (χ0) is 18.2. The quantitative estimate of drug-likeness (QED) is 0.761. The minimum Gasteiger partial charge on any atom is -0.301 e. The van der Waals surface area contributed by atoms with Gasteiger partial charge < -0.3 is 4.90 Å². The van der Waals surface area contributed by atoms with Crippen molar-refractivity contribution in [3.8, 4) is 0 Å². The Hall–Kier alpha value is -0.760. The van der Waals surface area contributed by atoms with Gasteiger partial charge >= 0.3 is 0 Å². The molecule has 0 saturated carbocycles. The van der Waals surface area contributed by atoms with Gasteiger partial charge in [0.25, 0.3) is 0 Å². The maximum absolute atomic E-state index is 12.1. The summed E-state index contributed by atoms with van der Waals surface area (Å²) in [7, 11) is -1.44. The van der Waals surface area contributed by atoms with E-state index < -0.39 is 10.0 Å². The molecule has 25 heavy (non-hydrogen) atoms. The number of hydrogen-bond donors (Lipinski definition) is 1. The first-order valence-electron chi connectivity index (χ1n) is 7.63. The number of halogens is 2. The van der Waals surface area contributed by atoms with Crippen LogP contribution in [-0.4, -0.2) is 33.2 Å². The Balaban J connectivity index is 2.01. The van der Waals surface area contributed by atoms with Gasteiger partial charge in [0.15, 0.2) is 0 Å². The molecule has 134 valence electrons. The first-order valence-corrected chi connectivity index (χ1v) is 11.1. The molecule has 2 aromatic carbocycles. The highest BCUT2D eigenvalue weighted by Gasteiger charge is 2.27. The van der Waals surface area contributed by atoms with Crippen molar-refractivity contribution in [2.75, 3.05) is 19.8 Å². The zero-order valence-corrected chi connectivity index (χ0v) is 16.9. The monoisotopic (exact) mass is 416 g/mol. The fourth-order valence-electron chi connectivity index (χ4n) is 3.17. The molecule has 1 atom stereocenters. The maximum atomic E-state index is 12.1. The smallest absolute Gasteiger partial charge is 0.249 e. The van der Waals surface area contributed by atoms with Gasteiger partial charge in [0.2, 0.25) is 10.0 Å². The van der Waals surface area contributed by atoms with E-state index in [4.69, 9.17) is 23.2 Å². The lowest BCUT2D eigenvalue weighted by Gasteiger charge is -2.33. The number of nitrogens with one attached hydrogen (secondary N) is 1. The average Bonchev–Trinajstić information content (AvgIpc) is 2.55. The molecule has 1 unspecified atom stereocenters. The van der Waals surface area contributed by atoms with Crippen LogP contribution in [0.5, 0.6) is 0 Å². The molecule has 0 aromatic heterocycles. The normalized spacial score (nSPS) is 18.2. The lowest BCUT2D eigenvalue weighted by Crippen LogP contribution is -2.31. The van der Waals surface area contributed by atoms with E-state index in [0.29, 0.717) is 10.0 Å². The standard InChI is InChI=1S/C17H18Cl2N2O2S2/c1-21-9-15(14-7-12(18)8-17(19)16(14)10-21)11-3-5-13(6-4-11)25(22,23)20-24-2/h3-8,15,20H,9-10H2,1-2H3. The highest BCUT2D eigenvalue weighted by atomic mass is 35.5. The van der Waals surface area contributed by atoms with Crippen molar-refractivity contribution < 1.29 is 8.42 Å². The van der Waals surface area contributed by atoms with Gasteiger partial charge in [0, 0.05) is 29.1 Å². The fraction of sp³-hybridized carbons (Fsp3) is 0.294. The molecule has 2 aromatic rings. The van der Waals surface area contributed by atoms with Crippen molar-refractivity contribution >= 4 is 45.2 Å². The molecule has 0 bridgehead atoms. The first kappa shape index (κ1) is 19.0. The molecule has 0 radical (unpaired) electrons. The van der Waals surface area contributed by atoms with E-state index in [1.54, 1.807) is 24.5 Å². The van der Waals surface area contributed by atoms with Crippen LogP contribution < -0.4 is 4.13 Å². The topological polar surface area (TPSA) is 49.4 Å². The number of hydrogen-bond acceptors (Lipinski definition) is 4. The van der Waals surface area contributed by atoms with Gasteiger partial charge in [0.05, 0.1) is 4.90 Å². The van der Waals surface area contributed by atoms with Crippen LogP contribution in [0.2, 0.25) is 10.0 Å². The zero-order valence-electron chi connectivity index (χ0n) is 13.8.